The van der Waals surface area contributed by atoms with Crippen molar-refractivity contribution in [2.24, 2.45) is 5.41 Å². The molecule has 120 valence electrons. The van der Waals surface area contributed by atoms with Gasteiger partial charge in [0, 0.05) is 19.7 Å². The van der Waals surface area contributed by atoms with E-state index in [4.69, 9.17) is 9.52 Å². The summed E-state index contributed by atoms with van der Waals surface area (Å²) in [6, 6.07) is 3.52. The summed E-state index contributed by atoms with van der Waals surface area (Å²) in [5.41, 5.74) is -0.117. The van der Waals surface area contributed by atoms with Gasteiger partial charge in [0.1, 0.15) is 5.76 Å². The van der Waals surface area contributed by atoms with Gasteiger partial charge in [-0.3, -0.25) is 4.90 Å². The van der Waals surface area contributed by atoms with Gasteiger partial charge in [0.05, 0.1) is 12.3 Å². The van der Waals surface area contributed by atoms with Gasteiger partial charge in [-0.05, 0) is 38.1 Å². The Morgan fingerprint density at radius 2 is 2.14 bits per heavy atom. The Morgan fingerprint density at radius 1 is 1.43 bits per heavy atom. The van der Waals surface area contributed by atoms with Crippen LogP contribution in [-0.2, 0) is 0 Å². The zero-order valence-corrected chi connectivity index (χ0v) is 13.3. The van der Waals surface area contributed by atoms with Crippen molar-refractivity contribution >= 4 is 6.03 Å². The lowest BCUT2D eigenvalue weighted by molar-refractivity contribution is 0.198. The SMILES string of the molecule is CN(C)C(CNC(=O)NCC(C)(C)CCO)c1ccco1. The second-order valence-electron chi connectivity index (χ2n) is 6.20. The van der Waals surface area contributed by atoms with E-state index in [0.29, 0.717) is 19.5 Å². The number of carbonyl (C=O) groups is 1. The number of nitrogens with one attached hydrogen (secondary N) is 2. The van der Waals surface area contributed by atoms with E-state index in [9.17, 15) is 4.79 Å². The number of urea groups is 1. The van der Waals surface area contributed by atoms with Gasteiger partial charge in [-0.25, -0.2) is 4.79 Å². The highest BCUT2D eigenvalue weighted by Gasteiger charge is 2.20. The third-order valence-corrected chi connectivity index (χ3v) is 3.47. The first kappa shape index (κ1) is 17.5. The number of likely N-dealkylation sites (N-methyl/N-ethyl adjacent to an activating group) is 1. The molecule has 1 aromatic rings. The first-order valence-electron chi connectivity index (χ1n) is 7.18. The van der Waals surface area contributed by atoms with Crippen LogP contribution in [0.5, 0.6) is 0 Å². The van der Waals surface area contributed by atoms with Crippen LogP contribution in [0.1, 0.15) is 32.1 Å². The smallest absolute Gasteiger partial charge is 0.314 e. The molecule has 21 heavy (non-hydrogen) atoms. The van der Waals surface area contributed by atoms with Crippen LogP contribution in [0, 0.1) is 5.41 Å². The minimum absolute atomic E-state index is 0.00352. The van der Waals surface area contributed by atoms with Crippen LogP contribution in [0.3, 0.4) is 0 Å². The van der Waals surface area contributed by atoms with E-state index in [1.807, 2.05) is 45.0 Å². The summed E-state index contributed by atoms with van der Waals surface area (Å²) in [5.74, 6) is 0.820. The predicted molar refractivity (Wildman–Crippen MR) is 82.0 cm³/mol. The fourth-order valence-electron chi connectivity index (χ4n) is 1.98. The third kappa shape index (κ3) is 6.18. The Balaban J connectivity index is 2.41. The lowest BCUT2D eigenvalue weighted by Gasteiger charge is -2.25. The van der Waals surface area contributed by atoms with Crippen molar-refractivity contribution in [1.82, 2.24) is 15.5 Å². The number of nitrogens with zero attached hydrogens (tertiary/aromatic N) is 1. The number of furan rings is 1. The monoisotopic (exact) mass is 297 g/mol. The molecule has 0 saturated carbocycles. The molecule has 1 heterocycles. The Bertz CT molecular complexity index is 416. The Kier molecular flexibility index (Phi) is 6.71. The van der Waals surface area contributed by atoms with Crippen molar-refractivity contribution < 1.29 is 14.3 Å². The molecule has 0 fully saturated rings. The van der Waals surface area contributed by atoms with Gasteiger partial charge in [0.2, 0.25) is 0 Å². The zero-order chi connectivity index (χ0) is 15.9. The minimum Gasteiger partial charge on any atom is -0.468 e. The molecule has 1 unspecified atom stereocenters. The van der Waals surface area contributed by atoms with Crippen molar-refractivity contribution in [3.05, 3.63) is 24.2 Å². The highest BCUT2D eigenvalue weighted by Crippen LogP contribution is 2.18. The van der Waals surface area contributed by atoms with Crippen molar-refractivity contribution in [1.29, 1.82) is 0 Å². The van der Waals surface area contributed by atoms with Crippen LogP contribution < -0.4 is 10.6 Å². The number of carbonyl (C=O) groups excluding carboxylic acids is 1. The number of aliphatic hydroxyl groups excluding tert-OH is 1. The van der Waals surface area contributed by atoms with Crippen LogP contribution in [-0.4, -0.2) is 49.8 Å². The van der Waals surface area contributed by atoms with Crippen molar-refractivity contribution in [2.45, 2.75) is 26.3 Å². The molecule has 0 spiro atoms. The Morgan fingerprint density at radius 3 is 2.67 bits per heavy atom. The van der Waals surface area contributed by atoms with Crippen molar-refractivity contribution in [3.63, 3.8) is 0 Å². The van der Waals surface area contributed by atoms with Crippen LogP contribution in [0.4, 0.5) is 4.79 Å². The molecule has 0 aliphatic heterocycles. The minimum atomic E-state index is -0.209. The molecule has 1 aromatic heterocycles. The average Bonchev–Trinajstić information content (AvgIpc) is 2.90. The fraction of sp³-hybridized carbons (Fsp3) is 0.667. The second-order valence-corrected chi connectivity index (χ2v) is 6.20. The summed E-state index contributed by atoms with van der Waals surface area (Å²) in [7, 11) is 3.88. The highest BCUT2D eigenvalue weighted by molar-refractivity contribution is 5.73. The summed E-state index contributed by atoms with van der Waals surface area (Å²) in [6.07, 6.45) is 2.28. The summed E-state index contributed by atoms with van der Waals surface area (Å²) in [5, 5.41) is 14.7. The molecular formula is C15H27N3O3. The predicted octanol–water partition coefficient (Wildman–Crippen LogP) is 1.59. The molecule has 0 radical (unpaired) electrons. The summed E-state index contributed by atoms with van der Waals surface area (Å²) in [4.78, 5) is 13.9. The lowest BCUT2D eigenvalue weighted by Crippen LogP contribution is -2.43. The molecule has 0 aliphatic rings. The molecular weight excluding hydrogens is 270 g/mol. The first-order valence-corrected chi connectivity index (χ1v) is 7.18. The third-order valence-electron chi connectivity index (χ3n) is 3.47. The number of rotatable bonds is 8. The molecule has 0 aromatic carbocycles. The van der Waals surface area contributed by atoms with E-state index in [1.54, 1.807) is 6.26 Å². The molecule has 1 atom stereocenters. The van der Waals surface area contributed by atoms with Crippen LogP contribution in [0.2, 0.25) is 0 Å². The average molecular weight is 297 g/mol. The normalized spacial score (nSPS) is 13.2. The lowest BCUT2D eigenvalue weighted by atomic mass is 9.90. The largest absolute Gasteiger partial charge is 0.468 e. The molecule has 0 bridgehead atoms. The van der Waals surface area contributed by atoms with Gasteiger partial charge >= 0.3 is 6.03 Å². The van der Waals surface area contributed by atoms with Gasteiger partial charge in [-0.2, -0.15) is 0 Å². The number of amides is 2. The summed E-state index contributed by atoms with van der Waals surface area (Å²) < 4.78 is 5.39. The van der Waals surface area contributed by atoms with Gasteiger partial charge in [-0.1, -0.05) is 13.8 Å². The Labute approximate surface area is 126 Å². The molecule has 6 nitrogen and oxygen atoms in total. The quantitative estimate of drug-likeness (QED) is 0.681. The molecule has 3 N–H and O–H groups in total. The van der Waals surface area contributed by atoms with E-state index in [1.165, 1.54) is 0 Å². The zero-order valence-electron chi connectivity index (χ0n) is 13.3. The van der Waals surface area contributed by atoms with E-state index in [-0.39, 0.29) is 24.1 Å². The maximum absolute atomic E-state index is 11.9. The van der Waals surface area contributed by atoms with Crippen LogP contribution in [0.25, 0.3) is 0 Å². The molecule has 2 amide bonds. The summed E-state index contributed by atoms with van der Waals surface area (Å²) >= 11 is 0. The van der Waals surface area contributed by atoms with Gasteiger partial charge < -0.3 is 20.2 Å². The first-order chi connectivity index (χ1) is 9.85. The van der Waals surface area contributed by atoms with E-state index >= 15 is 0 Å². The van der Waals surface area contributed by atoms with Gasteiger partial charge in [-0.15, -0.1) is 0 Å². The van der Waals surface area contributed by atoms with E-state index < -0.39 is 0 Å². The van der Waals surface area contributed by atoms with Gasteiger partial charge in [0.15, 0.2) is 0 Å². The Hall–Kier alpha value is -1.53. The summed E-state index contributed by atoms with van der Waals surface area (Å²) in [6.45, 7) is 5.13. The fourth-order valence-corrected chi connectivity index (χ4v) is 1.98. The molecule has 1 rings (SSSR count). The number of hydrogen-bond acceptors (Lipinski definition) is 4. The maximum Gasteiger partial charge on any atom is 0.314 e. The number of aliphatic hydroxyl groups is 1. The highest BCUT2D eigenvalue weighted by atomic mass is 16.3. The van der Waals surface area contributed by atoms with Crippen molar-refractivity contribution in [2.75, 3.05) is 33.8 Å². The van der Waals surface area contributed by atoms with Crippen LogP contribution in [0.15, 0.2) is 22.8 Å². The molecule has 6 heteroatoms. The topological polar surface area (TPSA) is 77.7 Å². The van der Waals surface area contributed by atoms with E-state index in [2.05, 4.69) is 10.6 Å². The van der Waals surface area contributed by atoms with Gasteiger partial charge in [0.25, 0.3) is 0 Å². The standard InChI is InChI=1S/C15H27N3O3/c1-15(2,7-8-19)11-17-14(20)16-10-12(18(3)4)13-6-5-9-21-13/h5-6,9,12,19H,7-8,10-11H2,1-4H3,(H2,16,17,20). The van der Waals surface area contributed by atoms with E-state index in [0.717, 1.165) is 5.76 Å². The molecule has 0 saturated heterocycles. The number of hydrogen-bond donors (Lipinski definition) is 3. The second kappa shape index (κ2) is 8.05. The molecule has 0 aliphatic carbocycles. The maximum atomic E-state index is 11.9. The van der Waals surface area contributed by atoms with Crippen molar-refractivity contribution in [3.8, 4) is 0 Å². The van der Waals surface area contributed by atoms with Crippen LogP contribution >= 0.6 is 0 Å².